The molecular weight excluding hydrogens is 424 g/mol. The van der Waals surface area contributed by atoms with Crippen LogP contribution < -0.4 is 0 Å². The molecule has 0 saturated carbocycles. The number of carbonyl (C=O) groups excluding carboxylic acids is 1. The summed E-state index contributed by atoms with van der Waals surface area (Å²) in [6.07, 6.45) is -4.04. The van der Waals surface area contributed by atoms with Gasteiger partial charge in [0.25, 0.3) is 11.4 Å². The summed E-state index contributed by atoms with van der Waals surface area (Å²) in [7, 11) is -4.46. The van der Waals surface area contributed by atoms with Gasteiger partial charge in [0.15, 0.2) is 4.90 Å². The summed E-state index contributed by atoms with van der Waals surface area (Å²) in [4.78, 5) is 28.3. The number of nitro benzene ring substituents is 2. The minimum Gasteiger partial charge on any atom is -0.394 e. The number of sulfone groups is 1. The lowest BCUT2D eigenvalue weighted by atomic mass is 10.1. The molecule has 1 aliphatic rings. The largest absolute Gasteiger partial charge is 0.394 e. The zero-order chi connectivity index (χ0) is 22.6. The van der Waals surface area contributed by atoms with Gasteiger partial charge in [0.2, 0.25) is 21.2 Å². The van der Waals surface area contributed by atoms with E-state index < -0.39 is 78.9 Å². The van der Waals surface area contributed by atoms with Crippen LogP contribution in [0.3, 0.4) is 0 Å². The molecule has 1 fully saturated rings. The van der Waals surface area contributed by atoms with Gasteiger partial charge in [0, 0.05) is 6.07 Å². The molecule has 2 rings (SSSR count). The molecule has 0 unspecified atom stereocenters. The van der Waals surface area contributed by atoms with Crippen LogP contribution in [0.4, 0.5) is 11.4 Å². The van der Waals surface area contributed by atoms with Crippen molar-refractivity contribution in [3.63, 3.8) is 0 Å². The van der Waals surface area contributed by atoms with Gasteiger partial charge in [-0.2, -0.15) is 0 Å². The number of nitrogens with zero attached hydrogens (tertiary/aromatic N) is 2. The van der Waals surface area contributed by atoms with Gasteiger partial charge in [-0.1, -0.05) is 0 Å². The third-order valence-corrected chi connectivity index (χ3v) is 4.92. The zero-order valence-corrected chi connectivity index (χ0v) is 15.1. The first-order valence-electron chi connectivity index (χ1n) is 7.45. The van der Waals surface area contributed by atoms with Crippen molar-refractivity contribution >= 4 is 26.8 Å². The Morgan fingerprint density at radius 3 is 2.10 bits per heavy atom. The molecule has 16 heteroatoms. The molecule has 0 amide bonds. The smallest absolute Gasteiger partial charge is 0.295 e. The van der Waals surface area contributed by atoms with Crippen LogP contribution in [-0.4, -0.2) is 86.7 Å². The Bertz CT molecular complexity index is 889. The second kappa shape index (κ2) is 9.27. The zero-order valence-electron chi connectivity index (χ0n) is 14.3. The fourth-order valence-electron chi connectivity index (χ4n) is 2.20. The summed E-state index contributed by atoms with van der Waals surface area (Å²) in [5, 5.41) is 65.6. The molecule has 0 bridgehead atoms. The van der Waals surface area contributed by atoms with Crippen molar-refractivity contribution in [2.75, 3.05) is 13.2 Å². The standard InChI is InChI=1S/C7H4N2O7S.C6H12O6/c10-4-17(15,16)7-2-1-5(8(11)12)3-6(7)9(13)14;7-1-3-4(9)5(10)6(11,2-8)12-3/h1-4H;3-5,7-11H,1-2H2/t;3-,4-,5+,6-/m.1/s1. The number of hydrogen-bond donors (Lipinski definition) is 5. The predicted octanol–water partition coefficient (Wildman–Crippen LogP) is -2.75. The van der Waals surface area contributed by atoms with Crippen LogP contribution in [0.15, 0.2) is 23.1 Å². The predicted molar refractivity (Wildman–Crippen MR) is 89.7 cm³/mol. The Hall–Kier alpha value is -2.60. The second-order valence-electron chi connectivity index (χ2n) is 5.58. The molecule has 0 radical (unpaired) electrons. The van der Waals surface area contributed by atoms with Crippen molar-refractivity contribution in [2.24, 2.45) is 0 Å². The molecule has 1 saturated heterocycles. The van der Waals surface area contributed by atoms with Crippen LogP contribution >= 0.6 is 0 Å². The van der Waals surface area contributed by atoms with Crippen LogP contribution in [0.5, 0.6) is 0 Å². The quantitative estimate of drug-likeness (QED) is 0.171. The molecule has 5 N–H and O–H groups in total. The van der Waals surface area contributed by atoms with E-state index in [-0.39, 0.29) is 0 Å². The van der Waals surface area contributed by atoms with E-state index in [0.717, 1.165) is 6.07 Å². The Balaban J connectivity index is 0.000000308. The van der Waals surface area contributed by atoms with Gasteiger partial charge in [-0.25, -0.2) is 8.42 Å². The van der Waals surface area contributed by atoms with E-state index in [9.17, 15) is 38.5 Å². The minimum absolute atomic E-state index is 0.457. The van der Waals surface area contributed by atoms with Gasteiger partial charge in [-0.05, 0) is 6.07 Å². The fourth-order valence-corrected chi connectivity index (χ4v) is 2.99. The van der Waals surface area contributed by atoms with Crippen molar-refractivity contribution < 1.29 is 53.3 Å². The number of benzene rings is 1. The first-order chi connectivity index (χ1) is 13.3. The van der Waals surface area contributed by atoms with Crippen molar-refractivity contribution in [3.8, 4) is 0 Å². The maximum absolute atomic E-state index is 11.2. The molecule has 15 nitrogen and oxygen atoms in total. The number of nitro groups is 2. The number of carbonyl (C=O) groups is 1. The van der Waals surface area contributed by atoms with Crippen molar-refractivity contribution in [2.45, 2.75) is 29.0 Å². The number of rotatable bonds is 6. The number of aliphatic hydroxyl groups excluding tert-OH is 4. The average molecular weight is 440 g/mol. The molecule has 1 heterocycles. The molecule has 1 aromatic carbocycles. The third-order valence-electron chi connectivity index (χ3n) is 3.71. The Morgan fingerprint density at radius 2 is 1.76 bits per heavy atom. The van der Waals surface area contributed by atoms with Gasteiger partial charge in [0.1, 0.15) is 18.3 Å². The summed E-state index contributed by atoms with van der Waals surface area (Å²) >= 11 is 0. The van der Waals surface area contributed by atoms with E-state index in [1.165, 1.54) is 0 Å². The molecule has 1 aromatic rings. The van der Waals surface area contributed by atoms with Crippen LogP contribution in [0.25, 0.3) is 0 Å². The minimum atomic E-state index is -4.46. The van der Waals surface area contributed by atoms with E-state index in [1.54, 1.807) is 0 Å². The molecule has 0 spiro atoms. The van der Waals surface area contributed by atoms with Crippen LogP contribution in [-0.2, 0) is 19.4 Å². The highest BCUT2D eigenvalue weighted by molar-refractivity contribution is 8.04. The van der Waals surface area contributed by atoms with Gasteiger partial charge >= 0.3 is 0 Å². The lowest BCUT2D eigenvalue weighted by molar-refractivity contribution is -0.396. The maximum Gasteiger partial charge on any atom is 0.295 e. The molecule has 0 aromatic heterocycles. The highest BCUT2D eigenvalue weighted by Crippen LogP contribution is 2.29. The number of ether oxygens (including phenoxy) is 1. The highest BCUT2D eigenvalue weighted by Gasteiger charge is 2.52. The SMILES string of the molecule is O=CS(=O)(=O)c1ccc([N+](=O)[O-])cc1[N+](=O)[O-].OC[C@H]1O[C@](O)(CO)[C@@H](O)[C@@H]1O. The number of hydrogen-bond acceptors (Lipinski definition) is 13. The van der Waals surface area contributed by atoms with Crippen LogP contribution in [0, 0.1) is 20.2 Å². The van der Waals surface area contributed by atoms with Crippen LogP contribution in [0.1, 0.15) is 0 Å². The summed E-state index contributed by atoms with van der Waals surface area (Å²) in [5.41, 5.74) is -2.10. The van der Waals surface area contributed by atoms with E-state index in [2.05, 4.69) is 4.74 Å². The summed E-state index contributed by atoms with van der Waals surface area (Å²) in [5.74, 6) is -2.16. The van der Waals surface area contributed by atoms with Gasteiger partial charge < -0.3 is 30.3 Å². The Kier molecular flexibility index (Phi) is 7.81. The molecule has 29 heavy (non-hydrogen) atoms. The lowest BCUT2D eigenvalue weighted by Crippen LogP contribution is -2.46. The van der Waals surface area contributed by atoms with Crippen LogP contribution in [0.2, 0.25) is 0 Å². The molecule has 1 aliphatic heterocycles. The molecular formula is C13H16N2O13S. The first kappa shape index (κ1) is 24.4. The van der Waals surface area contributed by atoms with Gasteiger partial charge in [-0.15, -0.1) is 0 Å². The highest BCUT2D eigenvalue weighted by atomic mass is 32.2. The lowest BCUT2D eigenvalue weighted by Gasteiger charge is -2.22. The van der Waals surface area contributed by atoms with E-state index >= 15 is 0 Å². The second-order valence-corrected chi connectivity index (χ2v) is 7.31. The van der Waals surface area contributed by atoms with Crippen molar-refractivity contribution in [3.05, 3.63) is 38.4 Å². The van der Waals surface area contributed by atoms with E-state index in [4.69, 9.17) is 20.4 Å². The summed E-state index contributed by atoms with van der Waals surface area (Å²) in [6, 6.07) is 1.90. The van der Waals surface area contributed by atoms with E-state index in [0.29, 0.717) is 12.1 Å². The Morgan fingerprint density at radius 1 is 1.17 bits per heavy atom. The topological polar surface area (TPSA) is 248 Å². The average Bonchev–Trinajstić information content (AvgIpc) is 2.92. The van der Waals surface area contributed by atoms with Crippen molar-refractivity contribution in [1.82, 2.24) is 0 Å². The Labute approximate surface area is 161 Å². The van der Waals surface area contributed by atoms with Crippen molar-refractivity contribution in [1.29, 1.82) is 0 Å². The number of aliphatic hydroxyl groups is 5. The summed E-state index contributed by atoms with van der Waals surface area (Å²) in [6.45, 7) is -1.36. The first-order valence-corrected chi connectivity index (χ1v) is 9.00. The third kappa shape index (κ3) is 5.26. The monoisotopic (exact) mass is 440 g/mol. The fraction of sp³-hybridized carbons (Fsp3) is 0.462. The van der Waals surface area contributed by atoms with Gasteiger partial charge in [-0.3, -0.25) is 25.0 Å². The van der Waals surface area contributed by atoms with Gasteiger partial charge in [0.05, 0.1) is 29.1 Å². The van der Waals surface area contributed by atoms with E-state index in [1.807, 2.05) is 0 Å². The maximum atomic E-state index is 11.2. The summed E-state index contributed by atoms with van der Waals surface area (Å²) < 4.78 is 27.0. The molecule has 0 aliphatic carbocycles. The normalized spacial score (nSPS) is 26.3. The molecule has 4 atom stereocenters. The molecule has 162 valence electrons. The number of non-ortho nitro benzene ring substituents is 1.